The third kappa shape index (κ3) is 2.49. The van der Waals surface area contributed by atoms with Crippen molar-refractivity contribution in [2.75, 3.05) is 0 Å². The van der Waals surface area contributed by atoms with Gasteiger partial charge in [0.25, 0.3) is 5.91 Å². The zero-order chi connectivity index (χ0) is 15.0. The Morgan fingerprint density at radius 2 is 1.95 bits per heavy atom. The van der Waals surface area contributed by atoms with Gasteiger partial charge in [-0.2, -0.15) is 0 Å². The number of amides is 1. The summed E-state index contributed by atoms with van der Waals surface area (Å²) in [5.41, 5.74) is -0.0327. The van der Waals surface area contributed by atoms with E-state index in [0.717, 1.165) is 23.7 Å². The summed E-state index contributed by atoms with van der Waals surface area (Å²) in [7, 11) is 0. The van der Waals surface area contributed by atoms with Crippen LogP contribution in [0.1, 0.15) is 36.2 Å². The van der Waals surface area contributed by atoms with Gasteiger partial charge in [0.15, 0.2) is 0 Å². The molecule has 0 aliphatic heterocycles. The Hall–Kier alpha value is -2.01. The fourth-order valence-corrected chi connectivity index (χ4v) is 3.05. The van der Waals surface area contributed by atoms with E-state index in [1.807, 2.05) is 6.07 Å². The SMILES string of the molecule is O=C(NC1(C(=O)O)CCCC1)c1cc2ccc(Cl)cc2[nH]1. The zero-order valence-corrected chi connectivity index (χ0v) is 12.0. The number of nitrogens with one attached hydrogen (secondary N) is 2. The van der Waals surface area contributed by atoms with Crippen LogP contribution in [0.15, 0.2) is 24.3 Å². The van der Waals surface area contributed by atoms with E-state index < -0.39 is 17.4 Å². The molecule has 1 saturated carbocycles. The summed E-state index contributed by atoms with van der Waals surface area (Å²) in [5, 5.41) is 13.5. The molecule has 0 spiro atoms. The number of rotatable bonds is 3. The standard InChI is InChI=1S/C15H15ClN2O3/c16-10-4-3-9-7-12(17-11(9)8-10)13(19)18-15(14(20)21)5-1-2-6-15/h3-4,7-8,17H,1-2,5-6H2,(H,18,19)(H,20,21). The quantitative estimate of drug-likeness (QED) is 0.815. The van der Waals surface area contributed by atoms with Crippen LogP contribution in [-0.2, 0) is 4.79 Å². The molecule has 3 rings (SSSR count). The molecule has 6 heteroatoms. The van der Waals surface area contributed by atoms with Crippen LogP contribution < -0.4 is 5.32 Å². The van der Waals surface area contributed by atoms with Crippen LogP contribution in [0, 0.1) is 0 Å². The van der Waals surface area contributed by atoms with E-state index in [0.29, 0.717) is 23.6 Å². The average molecular weight is 307 g/mol. The van der Waals surface area contributed by atoms with Gasteiger partial charge in [0.2, 0.25) is 0 Å². The van der Waals surface area contributed by atoms with Crippen molar-refractivity contribution < 1.29 is 14.7 Å². The third-order valence-corrected chi connectivity index (χ3v) is 4.28. The number of aromatic nitrogens is 1. The van der Waals surface area contributed by atoms with Crippen molar-refractivity contribution in [3.8, 4) is 0 Å². The predicted molar refractivity (Wildman–Crippen MR) is 79.6 cm³/mol. The molecular formula is C15H15ClN2O3. The van der Waals surface area contributed by atoms with Crippen molar-refractivity contribution in [2.45, 2.75) is 31.2 Å². The summed E-state index contributed by atoms with van der Waals surface area (Å²) in [6.07, 6.45) is 2.57. The van der Waals surface area contributed by atoms with Crippen molar-refractivity contribution in [2.24, 2.45) is 0 Å². The molecule has 1 fully saturated rings. The van der Waals surface area contributed by atoms with Gasteiger partial charge < -0.3 is 15.4 Å². The second kappa shape index (κ2) is 5.07. The van der Waals surface area contributed by atoms with Crippen molar-refractivity contribution in [3.05, 3.63) is 35.0 Å². The predicted octanol–water partition coefficient (Wildman–Crippen LogP) is 2.95. The Labute approximate surface area is 126 Å². The van der Waals surface area contributed by atoms with E-state index in [2.05, 4.69) is 10.3 Å². The molecule has 110 valence electrons. The molecule has 0 radical (unpaired) electrons. The van der Waals surface area contributed by atoms with Crippen LogP contribution in [0.5, 0.6) is 0 Å². The lowest BCUT2D eigenvalue weighted by Gasteiger charge is -2.24. The smallest absolute Gasteiger partial charge is 0.329 e. The molecule has 21 heavy (non-hydrogen) atoms. The van der Waals surface area contributed by atoms with E-state index in [-0.39, 0.29) is 0 Å². The van der Waals surface area contributed by atoms with E-state index in [4.69, 9.17) is 11.6 Å². The first-order valence-corrected chi connectivity index (χ1v) is 7.22. The van der Waals surface area contributed by atoms with Crippen molar-refractivity contribution in [1.29, 1.82) is 0 Å². The number of aliphatic carboxylic acids is 1. The number of hydrogen-bond acceptors (Lipinski definition) is 2. The van der Waals surface area contributed by atoms with Gasteiger partial charge in [-0.1, -0.05) is 30.5 Å². The summed E-state index contributed by atoms with van der Waals surface area (Å²) in [4.78, 5) is 26.8. The van der Waals surface area contributed by atoms with E-state index in [1.165, 1.54) is 0 Å². The van der Waals surface area contributed by atoms with Crippen LogP contribution in [-0.4, -0.2) is 27.5 Å². The molecule has 0 unspecified atom stereocenters. The molecular weight excluding hydrogens is 292 g/mol. The van der Waals surface area contributed by atoms with Gasteiger partial charge in [-0.05, 0) is 31.0 Å². The first-order valence-electron chi connectivity index (χ1n) is 6.84. The highest BCUT2D eigenvalue weighted by atomic mass is 35.5. The number of carboxylic acid groups (broad SMARTS) is 1. The Morgan fingerprint density at radius 1 is 1.24 bits per heavy atom. The average Bonchev–Trinajstić information content (AvgIpc) is 3.05. The highest BCUT2D eigenvalue weighted by molar-refractivity contribution is 6.31. The number of hydrogen-bond donors (Lipinski definition) is 3. The van der Waals surface area contributed by atoms with Crippen molar-refractivity contribution in [1.82, 2.24) is 10.3 Å². The lowest BCUT2D eigenvalue weighted by molar-refractivity contribution is -0.144. The molecule has 3 N–H and O–H groups in total. The molecule has 1 aliphatic rings. The lowest BCUT2D eigenvalue weighted by Crippen LogP contribution is -2.52. The minimum absolute atomic E-state index is 0.347. The highest BCUT2D eigenvalue weighted by Crippen LogP contribution is 2.30. The summed E-state index contributed by atoms with van der Waals surface area (Å²) < 4.78 is 0. The molecule has 1 heterocycles. The monoisotopic (exact) mass is 306 g/mol. The summed E-state index contributed by atoms with van der Waals surface area (Å²) >= 11 is 5.91. The second-order valence-corrected chi connectivity index (χ2v) is 5.90. The number of carboxylic acids is 1. The van der Waals surface area contributed by atoms with Crippen LogP contribution in [0.3, 0.4) is 0 Å². The van der Waals surface area contributed by atoms with Crippen LogP contribution in [0.25, 0.3) is 10.9 Å². The van der Waals surface area contributed by atoms with Gasteiger partial charge in [0.1, 0.15) is 11.2 Å². The molecule has 0 bridgehead atoms. The van der Waals surface area contributed by atoms with Crippen molar-refractivity contribution in [3.63, 3.8) is 0 Å². The van der Waals surface area contributed by atoms with Gasteiger partial charge >= 0.3 is 5.97 Å². The number of halogens is 1. The highest BCUT2D eigenvalue weighted by Gasteiger charge is 2.42. The first kappa shape index (κ1) is 13.9. The largest absolute Gasteiger partial charge is 0.480 e. The Morgan fingerprint density at radius 3 is 2.62 bits per heavy atom. The number of H-pyrrole nitrogens is 1. The number of aromatic amines is 1. The Balaban J connectivity index is 1.88. The van der Waals surface area contributed by atoms with Crippen LogP contribution >= 0.6 is 11.6 Å². The fraction of sp³-hybridized carbons (Fsp3) is 0.333. The van der Waals surface area contributed by atoms with Gasteiger partial charge in [-0.3, -0.25) is 4.79 Å². The Kier molecular flexibility index (Phi) is 3.37. The van der Waals surface area contributed by atoms with Gasteiger partial charge in [0, 0.05) is 15.9 Å². The van der Waals surface area contributed by atoms with Gasteiger partial charge in [-0.25, -0.2) is 4.79 Å². The summed E-state index contributed by atoms with van der Waals surface area (Å²) in [6.45, 7) is 0. The van der Waals surface area contributed by atoms with E-state index in [9.17, 15) is 14.7 Å². The molecule has 1 aromatic heterocycles. The molecule has 5 nitrogen and oxygen atoms in total. The van der Waals surface area contributed by atoms with Crippen LogP contribution in [0.2, 0.25) is 5.02 Å². The van der Waals surface area contributed by atoms with E-state index in [1.54, 1.807) is 18.2 Å². The van der Waals surface area contributed by atoms with Gasteiger partial charge in [0.05, 0.1) is 0 Å². The topological polar surface area (TPSA) is 82.2 Å². The molecule has 0 saturated heterocycles. The molecule has 1 aliphatic carbocycles. The number of carbonyl (C=O) groups excluding carboxylic acids is 1. The zero-order valence-electron chi connectivity index (χ0n) is 11.3. The molecule has 1 amide bonds. The second-order valence-electron chi connectivity index (χ2n) is 5.46. The maximum absolute atomic E-state index is 12.3. The minimum atomic E-state index is -1.13. The first-order chi connectivity index (χ1) is 10.00. The van der Waals surface area contributed by atoms with Crippen LogP contribution in [0.4, 0.5) is 0 Å². The Bertz CT molecular complexity index is 717. The minimum Gasteiger partial charge on any atom is -0.480 e. The maximum Gasteiger partial charge on any atom is 0.329 e. The molecule has 1 aromatic carbocycles. The normalized spacial score (nSPS) is 17.0. The molecule has 0 atom stereocenters. The third-order valence-electron chi connectivity index (χ3n) is 4.05. The fourth-order valence-electron chi connectivity index (χ4n) is 2.88. The summed E-state index contributed by atoms with van der Waals surface area (Å²) in [6, 6.07) is 6.99. The number of fused-ring (bicyclic) bond motifs is 1. The number of carbonyl (C=O) groups is 2. The van der Waals surface area contributed by atoms with E-state index >= 15 is 0 Å². The summed E-state index contributed by atoms with van der Waals surface area (Å²) in [5.74, 6) is -1.36. The maximum atomic E-state index is 12.3. The van der Waals surface area contributed by atoms with Crippen molar-refractivity contribution >= 4 is 34.4 Å². The van der Waals surface area contributed by atoms with Gasteiger partial charge in [-0.15, -0.1) is 0 Å². The molecule has 2 aromatic rings. The number of benzene rings is 1. The lowest BCUT2D eigenvalue weighted by atomic mass is 9.97.